The zero-order valence-electron chi connectivity index (χ0n) is 44.6. The van der Waals surface area contributed by atoms with E-state index in [9.17, 15) is 58.9 Å². The summed E-state index contributed by atoms with van der Waals surface area (Å²) < 4.78 is 24.0. The Kier molecular flexibility index (Phi) is 16.0. The zero-order valence-corrected chi connectivity index (χ0v) is 48.6. The Bertz CT molecular complexity index is 4190. The van der Waals surface area contributed by atoms with Gasteiger partial charge >= 0.3 is 11.9 Å². The van der Waals surface area contributed by atoms with Crippen LogP contribution in [0.5, 0.6) is 5.75 Å². The number of hydrogen-bond donors (Lipinski definition) is 10. The predicted molar refractivity (Wildman–Crippen MR) is 306 cm³/mol. The maximum absolute atomic E-state index is 14.6. The minimum atomic E-state index is -2.20. The lowest BCUT2D eigenvalue weighted by atomic mass is 10.0. The summed E-state index contributed by atoms with van der Waals surface area (Å²) in [6.07, 6.45) is -5.54. The van der Waals surface area contributed by atoms with Gasteiger partial charge in [0.2, 0.25) is 5.91 Å². The molecule has 0 aliphatic carbocycles. The second-order valence-electron chi connectivity index (χ2n) is 19.1. The van der Waals surface area contributed by atoms with Crippen LogP contribution in [0.4, 0.5) is 0 Å². The number of aliphatic hydroxyl groups excluding tert-OH is 2. The second kappa shape index (κ2) is 23.6. The SMILES string of the molecule is C=C(NC(=O)c1csc(-c2cc3c(cc2O)-c2nc(cs2)C(=O)NC(C(C)O)C(=O)N/C(=C(\C)OC)c2nc(cs2)C(=O)NC2c4nc(cs4)C(=O)NC(COC(=O)c4c5c6c(cccc6n4O)COC(=O)C(O)C2OC5)c2nc-3cs2)n1)C(N)=O. The molecule has 9 heterocycles. The fraction of sp³-hybridized carbons (Fsp3) is 0.226. The van der Waals surface area contributed by atoms with Crippen molar-refractivity contribution in [3.05, 3.63) is 130 Å². The van der Waals surface area contributed by atoms with E-state index in [-0.39, 0.29) is 104 Å². The Morgan fingerprint density at radius 1 is 0.814 bits per heavy atom. The van der Waals surface area contributed by atoms with Gasteiger partial charge in [-0.25, -0.2) is 34.5 Å². The van der Waals surface area contributed by atoms with Crippen LogP contribution in [-0.4, -0.2) is 136 Å². The molecular formula is C53H44N12O16S5. The Morgan fingerprint density at radius 3 is 2.21 bits per heavy atom. The maximum atomic E-state index is 14.6. The Hall–Kier alpha value is -9.35. The molecule has 3 aliphatic rings. The molecule has 442 valence electrons. The van der Waals surface area contributed by atoms with Crippen LogP contribution in [0.1, 0.15) is 105 Å². The number of allylic oxidation sites excluding steroid dienone is 1. The van der Waals surface area contributed by atoms with Gasteiger partial charge < -0.3 is 71.8 Å². The number of aromatic hydroxyl groups is 1. The molecule has 6 amide bonds. The number of thiazole rings is 5. The molecule has 6 atom stereocenters. The van der Waals surface area contributed by atoms with E-state index in [1.807, 2.05) is 0 Å². The van der Waals surface area contributed by atoms with E-state index >= 15 is 0 Å². The fourth-order valence-electron chi connectivity index (χ4n) is 9.23. The number of aliphatic hydroxyl groups is 2. The van der Waals surface area contributed by atoms with Crippen LogP contribution in [0, 0.1) is 0 Å². The highest BCUT2D eigenvalue weighted by atomic mass is 32.1. The first-order valence-electron chi connectivity index (χ1n) is 25.3. The lowest BCUT2D eigenvalue weighted by Gasteiger charge is -2.30. The quantitative estimate of drug-likeness (QED) is 0.0491. The van der Waals surface area contributed by atoms with Crippen molar-refractivity contribution in [1.29, 1.82) is 0 Å². The number of primary amides is 1. The molecular weight excluding hydrogens is 1220 g/mol. The van der Waals surface area contributed by atoms with Crippen molar-refractivity contribution < 1.29 is 77.8 Å². The third-order valence-electron chi connectivity index (χ3n) is 13.7. The van der Waals surface area contributed by atoms with Gasteiger partial charge in [-0.2, -0.15) is 4.73 Å². The first-order chi connectivity index (χ1) is 41.2. The van der Waals surface area contributed by atoms with Gasteiger partial charge in [-0.1, -0.05) is 18.7 Å². The van der Waals surface area contributed by atoms with Crippen LogP contribution in [0.3, 0.4) is 0 Å². The number of benzene rings is 2. The average Bonchev–Trinajstić information content (AvgIpc) is 1.82. The monoisotopic (exact) mass is 1260 g/mol. The molecule has 0 spiro atoms. The molecule has 0 fully saturated rings. The number of hydrogen-bond acceptors (Lipinski definition) is 26. The topological polar surface area (TPSA) is 410 Å². The highest BCUT2D eigenvalue weighted by Crippen LogP contribution is 2.44. The third-order valence-corrected chi connectivity index (χ3v) is 18.1. The van der Waals surface area contributed by atoms with Crippen LogP contribution in [0.25, 0.3) is 49.0 Å². The number of cyclic esters (lactones) is 2. The normalized spacial score (nSPS) is 20.2. The number of carbonyl (C=O) groups is 8. The van der Waals surface area contributed by atoms with E-state index in [0.717, 1.165) is 56.7 Å². The minimum Gasteiger partial charge on any atom is -0.507 e. The molecule has 8 aromatic rings. The van der Waals surface area contributed by atoms with Crippen molar-refractivity contribution in [2.75, 3.05) is 13.7 Å². The predicted octanol–water partition coefficient (Wildman–Crippen LogP) is 3.66. The van der Waals surface area contributed by atoms with E-state index in [1.165, 1.54) is 66.7 Å². The molecule has 11 N–H and O–H groups in total. The maximum Gasteiger partial charge on any atom is 0.358 e. The third kappa shape index (κ3) is 11.1. The number of nitrogens with two attached hydrogens (primary N) is 1. The van der Waals surface area contributed by atoms with Crippen LogP contribution in [0.15, 0.2) is 75.3 Å². The highest BCUT2D eigenvalue weighted by Gasteiger charge is 2.42. The number of carbonyl (C=O) groups excluding carboxylic acids is 8. The number of nitrogens with zero attached hydrogens (tertiary/aromatic N) is 6. The summed E-state index contributed by atoms with van der Waals surface area (Å²) >= 11 is 4.58. The molecule has 3 aliphatic heterocycles. The fourth-order valence-corrected chi connectivity index (χ4v) is 13.5. The zero-order chi connectivity index (χ0) is 61.0. The lowest BCUT2D eigenvalue weighted by Crippen LogP contribution is -2.52. The number of phenolic OH excluding ortho intramolecular Hbond substituents is 1. The van der Waals surface area contributed by atoms with Crippen molar-refractivity contribution >= 4 is 121 Å². The summed E-state index contributed by atoms with van der Waals surface area (Å²) in [6, 6.07) is 2.79. The second-order valence-corrected chi connectivity index (χ2v) is 23.5. The molecule has 0 saturated carbocycles. The number of esters is 2. The molecule has 6 unspecified atom stereocenters. The smallest absolute Gasteiger partial charge is 0.358 e. The van der Waals surface area contributed by atoms with Gasteiger partial charge in [-0.05, 0) is 37.6 Å². The molecule has 33 heteroatoms. The number of methoxy groups -OCH3 is 1. The first-order valence-corrected chi connectivity index (χ1v) is 29.7. The van der Waals surface area contributed by atoms with E-state index in [0.29, 0.717) is 10.3 Å². The van der Waals surface area contributed by atoms with Crippen LogP contribution >= 0.6 is 56.7 Å². The Balaban J connectivity index is 1.09. The molecule has 12 bridgehead atoms. The van der Waals surface area contributed by atoms with E-state index in [4.69, 9.17) is 29.7 Å². The van der Waals surface area contributed by atoms with Crippen molar-refractivity contribution in [3.8, 4) is 38.1 Å². The summed E-state index contributed by atoms with van der Waals surface area (Å²) in [5.74, 6) is -8.16. The van der Waals surface area contributed by atoms with Gasteiger partial charge in [0.15, 0.2) is 11.8 Å². The number of fused-ring (bicyclic) bond motifs is 15. The number of aromatic nitrogens is 6. The van der Waals surface area contributed by atoms with E-state index < -0.39 is 115 Å². The molecule has 28 nitrogen and oxygen atoms in total. The van der Waals surface area contributed by atoms with Gasteiger partial charge in [0.05, 0.1) is 42.3 Å². The Morgan fingerprint density at radius 2 is 1.47 bits per heavy atom. The minimum absolute atomic E-state index is 0.00712. The number of rotatable bonds is 6. The number of phenols is 1. The first kappa shape index (κ1) is 58.4. The summed E-state index contributed by atoms with van der Waals surface area (Å²) in [5.41, 5.74) is 4.38. The van der Waals surface area contributed by atoms with Crippen LogP contribution in [-0.2, 0) is 46.5 Å². The van der Waals surface area contributed by atoms with Crippen LogP contribution in [0.2, 0.25) is 0 Å². The van der Waals surface area contributed by atoms with Gasteiger partial charge in [-0.15, -0.1) is 56.7 Å². The van der Waals surface area contributed by atoms with E-state index in [2.05, 4.69) is 53.1 Å². The van der Waals surface area contributed by atoms with Gasteiger partial charge in [0, 0.05) is 49.0 Å². The lowest BCUT2D eigenvalue weighted by molar-refractivity contribution is -0.166. The number of amides is 6. The molecule has 2 aromatic carbocycles. The van der Waals surface area contributed by atoms with Crippen LogP contribution < -0.4 is 32.3 Å². The van der Waals surface area contributed by atoms with Crippen molar-refractivity contribution in [1.82, 2.24) is 56.2 Å². The molecule has 0 radical (unpaired) electrons. The van der Waals surface area contributed by atoms with Gasteiger partial charge in [0.25, 0.3) is 29.5 Å². The van der Waals surface area contributed by atoms with E-state index in [1.54, 1.807) is 11.4 Å². The summed E-state index contributed by atoms with van der Waals surface area (Å²) in [5, 5.41) is 66.8. The molecule has 86 heavy (non-hydrogen) atoms. The molecule has 0 saturated heterocycles. The summed E-state index contributed by atoms with van der Waals surface area (Å²) in [6.45, 7) is 4.43. The standard InChI is InChI=1S/C53H44N12O16S5/c1-18(41(54)69)55-42(70)28-14-83-48(59-28)24-8-22-23(9-33(24)67)47-58-30(15-82-47)44(72)62-35(19(2)66)46(74)63-36(20(3)78-4)50-60-31(17-85-50)45(73)64-37-40-39(68)53(76)80-10-21-6-5-7-32-34(21)25(11-79-40)38(65(32)77)52(75)81-12-26(49-57-27(22)13-84-49)56-43(71)29-16-86-51(37)61-29/h5-9,13-17,19,26,35,37,39-40,66-68,77H,1,10-12H2,2-4H3,(H2,54,69)(H,55,70)(H,56,71)(H,62,72)(H,63,74)(H,64,73)/b36-20+. The number of ether oxygens (including phenoxy) is 4. The summed E-state index contributed by atoms with van der Waals surface area (Å²) in [4.78, 5) is 134. The van der Waals surface area contributed by atoms with Crippen molar-refractivity contribution in [3.63, 3.8) is 0 Å². The van der Waals surface area contributed by atoms with Gasteiger partial charge in [0.1, 0.15) is 102 Å². The summed E-state index contributed by atoms with van der Waals surface area (Å²) in [7, 11) is 1.30. The van der Waals surface area contributed by atoms with Crippen molar-refractivity contribution in [2.24, 2.45) is 5.73 Å². The average molecular weight is 1270 g/mol. The largest absolute Gasteiger partial charge is 0.507 e. The molecule has 6 aromatic heterocycles. The molecule has 11 rings (SSSR count). The van der Waals surface area contributed by atoms with Gasteiger partial charge in [-0.3, -0.25) is 28.8 Å². The highest BCUT2D eigenvalue weighted by molar-refractivity contribution is 7.14. The number of nitrogens with one attached hydrogen (secondary N) is 5. The van der Waals surface area contributed by atoms with Crippen molar-refractivity contribution in [2.45, 2.75) is 63.5 Å². The Labute approximate surface area is 503 Å².